The number of para-hydroxylation sites is 1. The fraction of sp³-hybridized carbons (Fsp3) is 0.250. The van der Waals surface area contributed by atoms with Crippen LogP contribution in [0.3, 0.4) is 0 Å². The highest BCUT2D eigenvalue weighted by Gasteiger charge is 2.45. The molecule has 0 spiro atoms. The number of rotatable bonds is 10. The van der Waals surface area contributed by atoms with E-state index in [9.17, 15) is 14.7 Å². The van der Waals surface area contributed by atoms with Crippen molar-refractivity contribution in [3.63, 3.8) is 0 Å². The topological polar surface area (TPSA) is 118 Å². The molecule has 1 unspecified atom stereocenters. The minimum Gasteiger partial charge on any atom is -0.503 e. The Bertz CT molecular complexity index is 1460. The normalized spacial score (nSPS) is 15.4. The van der Waals surface area contributed by atoms with Crippen molar-refractivity contribution < 1.29 is 37.9 Å². The van der Waals surface area contributed by atoms with Crippen LogP contribution in [0.1, 0.15) is 28.6 Å². The SMILES string of the molecule is COc1cc(C2C(C(=O)c3cc4ccccc4o3)=C(O)C(=O)N2CCC[n+]2cc[nH]c2)cc(OC)c1OC. The number of Topliss-reactive ketones (excluding diaryl/α,β-unsaturated/α-hetero) is 1. The van der Waals surface area contributed by atoms with Gasteiger partial charge < -0.3 is 28.6 Å². The van der Waals surface area contributed by atoms with Gasteiger partial charge in [0.15, 0.2) is 23.0 Å². The summed E-state index contributed by atoms with van der Waals surface area (Å²) in [7, 11) is 4.47. The van der Waals surface area contributed by atoms with Gasteiger partial charge >= 0.3 is 0 Å². The Morgan fingerprint density at radius 2 is 1.84 bits per heavy atom. The molecule has 0 aliphatic carbocycles. The van der Waals surface area contributed by atoms with Crippen LogP contribution in [0.25, 0.3) is 11.0 Å². The van der Waals surface area contributed by atoms with E-state index in [1.807, 2.05) is 29.2 Å². The van der Waals surface area contributed by atoms with Crippen molar-refractivity contribution >= 4 is 22.7 Å². The number of aryl methyl sites for hydroxylation is 1. The number of aromatic amines is 1. The molecule has 10 nitrogen and oxygen atoms in total. The number of methoxy groups -OCH3 is 3. The number of aliphatic hydroxyl groups is 1. The highest BCUT2D eigenvalue weighted by Crippen LogP contribution is 2.45. The van der Waals surface area contributed by atoms with Crippen LogP contribution in [0.4, 0.5) is 0 Å². The molecule has 0 saturated heterocycles. The lowest BCUT2D eigenvalue weighted by atomic mass is 9.94. The van der Waals surface area contributed by atoms with Gasteiger partial charge in [-0.15, -0.1) is 0 Å². The van der Waals surface area contributed by atoms with E-state index < -0.39 is 23.5 Å². The number of hydrogen-bond acceptors (Lipinski definition) is 7. The van der Waals surface area contributed by atoms with Gasteiger partial charge in [-0.2, -0.15) is 0 Å². The largest absolute Gasteiger partial charge is 0.503 e. The zero-order valence-corrected chi connectivity index (χ0v) is 21.3. The maximum atomic E-state index is 13.8. The van der Waals surface area contributed by atoms with E-state index in [4.69, 9.17) is 18.6 Å². The number of aliphatic hydroxyl groups excluding tert-OH is 1. The number of amides is 1. The third kappa shape index (κ3) is 4.34. The molecule has 0 bridgehead atoms. The van der Waals surface area contributed by atoms with E-state index in [0.717, 1.165) is 5.39 Å². The number of ether oxygens (including phenoxy) is 3. The number of hydrogen-bond donors (Lipinski definition) is 2. The van der Waals surface area contributed by atoms with Crippen LogP contribution in [0.2, 0.25) is 0 Å². The Labute approximate surface area is 218 Å². The third-order valence-electron chi connectivity index (χ3n) is 6.62. The van der Waals surface area contributed by atoms with Crippen molar-refractivity contribution in [3.8, 4) is 17.2 Å². The van der Waals surface area contributed by atoms with Gasteiger partial charge in [-0.1, -0.05) is 18.2 Å². The number of carbonyl (C=O) groups excluding carboxylic acids is 2. The second-order valence-electron chi connectivity index (χ2n) is 8.80. The number of benzene rings is 2. The number of carbonyl (C=O) groups is 2. The Morgan fingerprint density at radius 1 is 1.11 bits per heavy atom. The van der Waals surface area contributed by atoms with Crippen LogP contribution in [0.5, 0.6) is 17.2 Å². The van der Waals surface area contributed by atoms with E-state index in [2.05, 4.69) is 4.98 Å². The minimum absolute atomic E-state index is 0.0303. The average Bonchev–Trinajstić information content (AvgIpc) is 3.67. The minimum atomic E-state index is -0.909. The summed E-state index contributed by atoms with van der Waals surface area (Å²) in [5.41, 5.74) is 0.980. The molecule has 196 valence electrons. The highest BCUT2D eigenvalue weighted by atomic mass is 16.5. The van der Waals surface area contributed by atoms with Crippen molar-refractivity contribution in [2.24, 2.45) is 0 Å². The Balaban J connectivity index is 1.58. The van der Waals surface area contributed by atoms with Gasteiger partial charge in [0, 0.05) is 18.4 Å². The van der Waals surface area contributed by atoms with Crippen molar-refractivity contribution in [2.45, 2.75) is 19.0 Å². The molecule has 5 rings (SSSR count). The predicted molar refractivity (Wildman–Crippen MR) is 136 cm³/mol. The van der Waals surface area contributed by atoms with Gasteiger partial charge in [0.25, 0.3) is 5.91 Å². The fourth-order valence-electron chi connectivity index (χ4n) is 4.83. The Morgan fingerprint density at radius 3 is 2.47 bits per heavy atom. The van der Waals surface area contributed by atoms with Crippen LogP contribution >= 0.6 is 0 Å². The van der Waals surface area contributed by atoms with E-state index in [-0.39, 0.29) is 17.9 Å². The second-order valence-corrected chi connectivity index (χ2v) is 8.80. The summed E-state index contributed by atoms with van der Waals surface area (Å²) in [5, 5.41) is 11.8. The Hall–Kier alpha value is -4.73. The molecule has 0 radical (unpaired) electrons. The van der Waals surface area contributed by atoms with Crippen LogP contribution in [-0.4, -0.2) is 54.6 Å². The number of fused-ring (bicyclic) bond motifs is 1. The molecule has 10 heteroatoms. The van der Waals surface area contributed by atoms with Crippen LogP contribution in [0, 0.1) is 0 Å². The molecule has 1 amide bonds. The highest BCUT2D eigenvalue weighted by molar-refractivity contribution is 6.16. The molecule has 2 aromatic carbocycles. The maximum absolute atomic E-state index is 13.8. The quantitative estimate of drug-likeness (QED) is 0.243. The number of ketones is 1. The first kappa shape index (κ1) is 24.9. The van der Waals surface area contributed by atoms with Crippen LogP contribution in [-0.2, 0) is 11.3 Å². The summed E-state index contributed by atoms with van der Waals surface area (Å²) in [5.74, 6) is -0.697. The molecule has 3 heterocycles. The Kier molecular flexibility index (Phi) is 6.78. The molecule has 4 aromatic rings. The summed E-state index contributed by atoms with van der Waals surface area (Å²) in [4.78, 5) is 31.6. The maximum Gasteiger partial charge on any atom is 0.290 e. The van der Waals surface area contributed by atoms with Gasteiger partial charge in [0.1, 0.15) is 18.0 Å². The molecule has 1 atom stereocenters. The number of H-pyrrole nitrogens is 1. The zero-order valence-electron chi connectivity index (χ0n) is 21.3. The monoisotopic (exact) mass is 518 g/mol. The smallest absolute Gasteiger partial charge is 0.290 e. The van der Waals surface area contributed by atoms with E-state index in [0.29, 0.717) is 41.4 Å². The molecule has 0 fully saturated rings. The third-order valence-corrected chi connectivity index (χ3v) is 6.62. The van der Waals surface area contributed by atoms with E-state index in [1.54, 1.807) is 36.5 Å². The lowest BCUT2D eigenvalue weighted by molar-refractivity contribution is -0.695. The second kappa shape index (κ2) is 10.3. The lowest BCUT2D eigenvalue weighted by Crippen LogP contribution is -2.36. The van der Waals surface area contributed by atoms with Crippen molar-refractivity contribution in [3.05, 3.63) is 83.8 Å². The van der Waals surface area contributed by atoms with E-state index in [1.165, 1.54) is 26.2 Å². The first-order valence-electron chi connectivity index (χ1n) is 12.1. The standard InChI is InChI=1S/C28H27N3O7/c1-35-21-14-18(15-22(36-2)27(21)37-3)24-23(25(32)20-13-17-7-4-5-8-19(17)38-20)26(33)28(34)31(24)11-6-10-30-12-9-29-16-30/h4-5,7-9,12-16,24H,6,10-11H2,1-3H3,(H,32,33)/p+1. The molecule has 1 aliphatic rings. The molecular formula is C28H28N3O7+. The van der Waals surface area contributed by atoms with Gasteiger partial charge in [-0.05, 0) is 29.8 Å². The number of imidazole rings is 1. The summed E-state index contributed by atoms with van der Waals surface area (Å²) in [6.45, 7) is 0.905. The summed E-state index contributed by atoms with van der Waals surface area (Å²) < 4.78 is 24.2. The average molecular weight is 519 g/mol. The van der Waals surface area contributed by atoms with Crippen molar-refractivity contribution in [2.75, 3.05) is 27.9 Å². The van der Waals surface area contributed by atoms with Crippen LogP contribution in [0.15, 0.2) is 76.9 Å². The van der Waals surface area contributed by atoms with Gasteiger partial charge in [0.2, 0.25) is 17.9 Å². The molecule has 38 heavy (non-hydrogen) atoms. The number of aromatic nitrogens is 2. The fourth-order valence-corrected chi connectivity index (χ4v) is 4.83. The summed E-state index contributed by atoms with van der Waals surface area (Å²) in [6.07, 6.45) is 6.08. The van der Waals surface area contributed by atoms with Crippen molar-refractivity contribution in [1.29, 1.82) is 0 Å². The first-order chi connectivity index (χ1) is 18.5. The van der Waals surface area contributed by atoms with Gasteiger partial charge in [-0.3, -0.25) is 14.6 Å². The lowest BCUT2D eigenvalue weighted by Gasteiger charge is -2.27. The molecule has 2 N–H and O–H groups in total. The summed E-state index contributed by atoms with van der Waals surface area (Å²) in [6, 6.07) is 11.3. The van der Waals surface area contributed by atoms with Crippen molar-refractivity contribution in [1.82, 2.24) is 9.88 Å². The molecule has 0 saturated carbocycles. The summed E-state index contributed by atoms with van der Waals surface area (Å²) >= 11 is 0. The predicted octanol–water partition coefficient (Wildman–Crippen LogP) is 3.74. The molecular weight excluding hydrogens is 490 g/mol. The van der Waals surface area contributed by atoms with Gasteiger partial charge in [0.05, 0.1) is 39.5 Å². The molecule has 2 aromatic heterocycles. The van der Waals surface area contributed by atoms with E-state index >= 15 is 0 Å². The van der Waals surface area contributed by atoms with Crippen LogP contribution < -0.4 is 18.8 Å². The number of nitrogens with zero attached hydrogens (tertiary/aromatic N) is 2. The number of furan rings is 1. The molecule has 1 aliphatic heterocycles. The first-order valence-corrected chi connectivity index (χ1v) is 12.1. The zero-order chi connectivity index (χ0) is 26.8. The van der Waals surface area contributed by atoms with Gasteiger partial charge in [-0.25, -0.2) is 4.57 Å². The number of nitrogens with one attached hydrogen (secondary N) is 1.